The van der Waals surface area contributed by atoms with E-state index >= 15 is 0 Å². The highest BCUT2D eigenvalue weighted by molar-refractivity contribution is 5.80. The number of hydrogen-bond donors (Lipinski definition) is 1. The van der Waals surface area contributed by atoms with E-state index in [4.69, 9.17) is 9.47 Å². The molecule has 0 saturated heterocycles. The van der Waals surface area contributed by atoms with Crippen molar-refractivity contribution in [2.24, 2.45) is 0 Å². The number of hydrogen-bond acceptors (Lipinski definition) is 5. The molecular weight excluding hydrogens is 457 g/mol. The standard InChI is InChI=1S/C29H28FN3O3/c1-3-35-29-32-25-11-7-19(30)14-27(25)33(29)26-6-4-5-22-23(26)10-12-24(22)31-20-8-9-21-18(13-17(2)34)16-36-28(21)15-20/h4-9,11,14-15,18,24,31H,3,10,12-13,16H2,1-2H3. The molecule has 6 nitrogen and oxygen atoms in total. The zero-order valence-corrected chi connectivity index (χ0v) is 20.4. The van der Waals surface area contributed by atoms with Gasteiger partial charge in [-0.3, -0.25) is 4.57 Å². The Morgan fingerprint density at radius 2 is 2.08 bits per heavy atom. The van der Waals surface area contributed by atoms with E-state index in [0.717, 1.165) is 35.5 Å². The molecule has 2 aliphatic rings. The van der Waals surface area contributed by atoms with Crippen molar-refractivity contribution >= 4 is 22.5 Å². The summed E-state index contributed by atoms with van der Waals surface area (Å²) < 4.78 is 27.8. The quantitative estimate of drug-likeness (QED) is 0.342. The van der Waals surface area contributed by atoms with Gasteiger partial charge in [0.1, 0.15) is 17.3 Å². The molecule has 2 unspecified atom stereocenters. The van der Waals surface area contributed by atoms with E-state index in [0.29, 0.717) is 36.7 Å². The highest BCUT2D eigenvalue weighted by Crippen LogP contribution is 2.42. The van der Waals surface area contributed by atoms with Crippen LogP contribution in [-0.4, -0.2) is 28.5 Å². The Kier molecular flexibility index (Phi) is 5.63. The molecule has 6 rings (SSSR count). The monoisotopic (exact) mass is 485 g/mol. The fraction of sp³-hybridized carbons (Fsp3) is 0.310. The zero-order chi connectivity index (χ0) is 24.8. The van der Waals surface area contributed by atoms with Gasteiger partial charge in [-0.05, 0) is 62.1 Å². The first-order valence-electron chi connectivity index (χ1n) is 12.5. The second-order valence-corrected chi connectivity index (χ2v) is 9.54. The van der Waals surface area contributed by atoms with Gasteiger partial charge >= 0.3 is 6.01 Å². The Hall–Kier alpha value is -3.87. The topological polar surface area (TPSA) is 65.4 Å². The molecule has 2 atom stereocenters. The van der Waals surface area contributed by atoms with Gasteiger partial charge in [0.15, 0.2) is 0 Å². The fourth-order valence-corrected chi connectivity index (χ4v) is 5.56. The highest BCUT2D eigenvalue weighted by Gasteiger charge is 2.29. The molecule has 184 valence electrons. The van der Waals surface area contributed by atoms with Crippen LogP contribution in [0.25, 0.3) is 16.7 Å². The molecular formula is C29H28FN3O3. The second-order valence-electron chi connectivity index (χ2n) is 9.54. The predicted octanol–water partition coefficient (Wildman–Crippen LogP) is 6.12. The Labute approximate surface area is 209 Å². The fourth-order valence-electron chi connectivity index (χ4n) is 5.56. The normalized spacial score (nSPS) is 18.1. The van der Waals surface area contributed by atoms with Crippen molar-refractivity contribution in [3.8, 4) is 17.4 Å². The molecule has 0 saturated carbocycles. The summed E-state index contributed by atoms with van der Waals surface area (Å²) in [6, 6.07) is 17.6. The van der Waals surface area contributed by atoms with Crippen LogP contribution in [0, 0.1) is 5.82 Å². The lowest BCUT2D eigenvalue weighted by molar-refractivity contribution is -0.117. The highest BCUT2D eigenvalue weighted by atomic mass is 19.1. The molecule has 0 spiro atoms. The zero-order valence-electron chi connectivity index (χ0n) is 20.4. The van der Waals surface area contributed by atoms with E-state index in [1.165, 1.54) is 23.3 Å². The summed E-state index contributed by atoms with van der Waals surface area (Å²) in [4.78, 5) is 16.2. The van der Waals surface area contributed by atoms with Crippen LogP contribution in [0.2, 0.25) is 0 Å². The minimum atomic E-state index is -0.303. The number of fused-ring (bicyclic) bond motifs is 3. The minimum absolute atomic E-state index is 0.134. The van der Waals surface area contributed by atoms with Gasteiger partial charge < -0.3 is 19.6 Å². The molecule has 7 heteroatoms. The number of rotatable bonds is 7. The molecule has 0 bridgehead atoms. The van der Waals surface area contributed by atoms with Crippen LogP contribution in [0.15, 0.2) is 54.6 Å². The minimum Gasteiger partial charge on any atom is -0.493 e. The lowest BCUT2D eigenvalue weighted by Crippen LogP contribution is -2.08. The molecule has 1 aliphatic carbocycles. The van der Waals surface area contributed by atoms with Gasteiger partial charge in [-0.15, -0.1) is 0 Å². The summed E-state index contributed by atoms with van der Waals surface area (Å²) in [5, 5.41) is 3.68. The molecule has 2 heterocycles. The average Bonchev–Trinajstić information content (AvgIpc) is 3.54. The summed E-state index contributed by atoms with van der Waals surface area (Å²) >= 11 is 0. The van der Waals surface area contributed by atoms with Crippen molar-refractivity contribution in [3.05, 3.63) is 77.1 Å². The summed E-state index contributed by atoms with van der Waals surface area (Å²) in [6.45, 7) is 4.57. The lowest BCUT2D eigenvalue weighted by atomic mass is 9.96. The van der Waals surface area contributed by atoms with Gasteiger partial charge in [-0.25, -0.2) is 4.39 Å². The average molecular weight is 486 g/mol. The van der Waals surface area contributed by atoms with Gasteiger partial charge in [-0.1, -0.05) is 18.2 Å². The summed E-state index contributed by atoms with van der Waals surface area (Å²) in [5.74, 6) is 0.864. The first kappa shape index (κ1) is 22.6. The molecule has 1 N–H and O–H groups in total. The number of nitrogens with zero attached hydrogens (tertiary/aromatic N) is 2. The number of halogens is 1. The third kappa shape index (κ3) is 3.88. The van der Waals surface area contributed by atoms with Crippen LogP contribution in [0.5, 0.6) is 11.8 Å². The smallest absolute Gasteiger partial charge is 0.302 e. The van der Waals surface area contributed by atoms with Crippen molar-refractivity contribution in [1.82, 2.24) is 9.55 Å². The predicted molar refractivity (Wildman–Crippen MR) is 137 cm³/mol. The summed E-state index contributed by atoms with van der Waals surface area (Å²) in [6.07, 6.45) is 2.32. The van der Waals surface area contributed by atoms with Crippen molar-refractivity contribution < 1.29 is 18.7 Å². The number of anilines is 1. The Morgan fingerprint density at radius 3 is 2.92 bits per heavy atom. The van der Waals surface area contributed by atoms with E-state index in [-0.39, 0.29) is 23.6 Å². The van der Waals surface area contributed by atoms with Gasteiger partial charge in [0, 0.05) is 35.7 Å². The van der Waals surface area contributed by atoms with Crippen LogP contribution in [0.3, 0.4) is 0 Å². The van der Waals surface area contributed by atoms with Crippen LogP contribution in [-0.2, 0) is 11.2 Å². The molecule has 0 radical (unpaired) electrons. The number of ketones is 1. The Balaban J connectivity index is 1.33. The SMILES string of the molecule is CCOc1nc2ccc(F)cc2n1-c1cccc2c1CCC2Nc1ccc2c(c1)OCC2CC(C)=O. The molecule has 1 aromatic heterocycles. The molecule has 3 aromatic carbocycles. The largest absolute Gasteiger partial charge is 0.493 e. The number of nitrogens with one attached hydrogen (secondary N) is 1. The van der Waals surface area contributed by atoms with Crippen molar-refractivity contribution in [2.45, 2.75) is 45.1 Å². The van der Waals surface area contributed by atoms with E-state index < -0.39 is 0 Å². The Morgan fingerprint density at radius 1 is 1.19 bits per heavy atom. The van der Waals surface area contributed by atoms with Gasteiger partial charge in [0.05, 0.1) is 36.0 Å². The number of carbonyl (C=O) groups excluding carboxylic acids is 1. The third-order valence-electron chi connectivity index (χ3n) is 7.11. The van der Waals surface area contributed by atoms with Crippen LogP contribution >= 0.6 is 0 Å². The molecule has 4 aromatic rings. The number of Topliss-reactive ketones (excluding diaryl/α,β-unsaturated/α-hetero) is 1. The second kappa shape index (κ2) is 8.97. The van der Waals surface area contributed by atoms with Crippen molar-refractivity contribution in [3.63, 3.8) is 0 Å². The molecule has 36 heavy (non-hydrogen) atoms. The van der Waals surface area contributed by atoms with Crippen LogP contribution in [0.4, 0.5) is 10.1 Å². The molecule has 0 fully saturated rings. The number of ether oxygens (including phenoxy) is 2. The van der Waals surface area contributed by atoms with Crippen molar-refractivity contribution in [2.75, 3.05) is 18.5 Å². The molecule has 1 aliphatic heterocycles. The summed E-state index contributed by atoms with van der Waals surface area (Å²) in [7, 11) is 0. The first-order chi connectivity index (χ1) is 17.5. The van der Waals surface area contributed by atoms with E-state index in [1.807, 2.05) is 29.7 Å². The molecule has 0 amide bonds. The maximum atomic E-state index is 14.2. The van der Waals surface area contributed by atoms with Gasteiger partial charge in [0.2, 0.25) is 0 Å². The van der Waals surface area contributed by atoms with Gasteiger partial charge in [-0.2, -0.15) is 4.98 Å². The third-order valence-corrected chi connectivity index (χ3v) is 7.11. The van der Waals surface area contributed by atoms with Crippen LogP contribution in [0.1, 0.15) is 55.3 Å². The van der Waals surface area contributed by atoms with E-state index in [9.17, 15) is 9.18 Å². The first-order valence-corrected chi connectivity index (χ1v) is 12.5. The van der Waals surface area contributed by atoms with E-state index in [1.54, 1.807) is 13.0 Å². The number of carbonyl (C=O) groups is 1. The van der Waals surface area contributed by atoms with Crippen molar-refractivity contribution in [1.29, 1.82) is 0 Å². The van der Waals surface area contributed by atoms with Crippen LogP contribution < -0.4 is 14.8 Å². The maximum absolute atomic E-state index is 14.2. The Bertz CT molecular complexity index is 1480. The number of imidazole rings is 1. The maximum Gasteiger partial charge on any atom is 0.302 e. The number of benzene rings is 3. The lowest BCUT2D eigenvalue weighted by Gasteiger charge is -2.18. The number of aromatic nitrogens is 2. The summed E-state index contributed by atoms with van der Waals surface area (Å²) in [5.41, 5.74) is 6.88. The van der Waals surface area contributed by atoms with Gasteiger partial charge in [0.25, 0.3) is 0 Å². The van der Waals surface area contributed by atoms with E-state index in [2.05, 4.69) is 28.5 Å².